The summed E-state index contributed by atoms with van der Waals surface area (Å²) < 4.78 is 0. The quantitative estimate of drug-likeness (QED) is 0.594. The van der Waals surface area contributed by atoms with Crippen LogP contribution in [0.25, 0.3) is 6.08 Å². The van der Waals surface area contributed by atoms with Crippen LogP contribution in [0.1, 0.15) is 26.3 Å². The molecule has 1 aliphatic rings. The van der Waals surface area contributed by atoms with Crippen LogP contribution < -0.4 is 10.6 Å². The van der Waals surface area contributed by atoms with Crippen molar-refractivity contribution < 1.29 is 4.79 Å². The summed E-state index contributed by atoms with van der Waals surface area (Å²) in [6, 6.07) is 5.89. The number of rotatable bonds is 0. The van der Waals surface area contributed by atoms with Gasteiger partial charge in [0.15, 0.2) is 0 Å². The summed E-state index contributed by atoms with van der Waals surface area (Å²) in [5.41, 5.74) is 1.24. The van der Waals surface area contributed by atoms with Crippen molar-refractivity contribution in [1.29, 1.82) is 0 Å². The van der Waals surface area contributed by atoms with Gasteiger partial charge in [-0.15, -0.1) is 0 Å². The van der Waals surface area contributed by atoms with Gasteiger partial charge >= 0.3 is 0 Å². The van der Waals surface area contributed by atoms with E-state index in [0.29, 0.717) is 0 Å². The first-order chi connectivity index (χ1) is 6.48. The molecule has 72 valence electrons. The molecule has 0 bridgehead atoms. The second-order valence-electron chi connectivity index (χ2n) is 4.58. The summed E-state index contributed by atoms with van der Waals surface area (Å²) in [6.45, 7) is 6.41. The van der Waals surface area contributed by atoms with Crippen molar-refractivity contribution in [2.45, 2.75) is 26.2 Å². The van der Waals surface area contributed by atoms with Crippen LogP contribution >= 0.6 is 0 Å². The number of amides is 1. The third-order valence-electron chi connectivity index (χ3n) is 2.39. The van der Waals surface area contributed by atoms with Crippen molar-refractivity contribution in [1.82, 2.24) is 0 Å². The zero-order valence-electron chi connectivity index (χ0n) is 8.66. The maximum absolute atomic E-state index is 11.2. The molecular formula is C12H13NO. The van der Waals surface area contributed by atoms with Gasteiger partial charge < -0.3 is 0 Å². The van der Waals surface area contributed by atoms with Crippen molar-refractivity contribution in [3.63, 3.8) is 0 Å². The first-order valence-corrected chi connectivity index (χ1v) is 4.72. The number of fused-ring (bicyclic) bond motifs is 1. The van der Waals surface area contributed by atoms with Crippen LogP contribution in [-0.2, 0) is 10.2 Å². The van der Waals surface area contributed by atoms with Crippen molar-refractivity contribution in [2.75, 3.05) is 0 Å². The molecule has 0 aromatic heterocycles. The highest BCUT2D eigenvalue weighted by atomic mass is 16.1. The molecule has 0 unspecified atom stereocenters. The maximum Gasteiger partial charge on any atom is 0.270 e. The lowest BCUT2D eigenvalue weighted by atomic mass is 9.85. The van der Waals surface area contributed by atoms with E-state index in [1.807, 2.05) is 12.1 Å². The fourth-order valence-corrected chi connectivity index (χ4v) is 1.73. The fourth-order valence-electron chi connectivity index (χ4n) is 1.73. The number of hydrogen-bond donors (Lipinski definition) is 0. The zero-order valence-corrected chi connectivity index (χ0v) is 8.66. The van der Waals surface area contributed by atoms with E-state index in [1.54, 1.807) is 6.08 Å². The number of benzene rings is 1. The van der Waals surface area contributed by atoms with Gasteiger partial charge in [-0.1, -0.05) is 32.9 Å². The van der Waals surface area contributed by atoms with E-state index in [2.05, 4.69) is 31.8 Å². The molecule has 2 rings (SSSR count). The van der Waals surface area contributed by atoms with Crippen LogP contribution in [0.5, 0.6) is 0 Å². The highest BCUT2D eigenvalue weighted by Crippen LogP contribution is 2.17. The third-order valence-corrected chi connectivity index (χ3v) is 2.39. The Bertz CT molecular complexity index is 506. The second-order valence-corrected chi connectivity index (χ2v) is 4.58. The Morgan fingerprint density at radius 1 is 1.21 bits per heavy atom. The molecule has 0 spiro atoms. The molecule has 0 N–H and O–H groups in total. The first kappa shape index (κ1) is 9.13. The van der Waals surface area contributed by atoms with Gasteiger partial charge in [0, 0.05) is 11.3 Å². The average molecular weight is 187 g/mol. The Hall–Kier alpha value is -1.44. The summed E-state index contributed by atoms with van der Waals surface area (Å²) in [5, 5.41) is 1.80. The van der Waals surface area contributed by atoms with E-state index < -0.39 is 0 Å². The predicted molar refractivity (Wildman–Crippen MR) is 55.4 cm³/mol. The zero-order chi connectivity index (χ0) is 10.3. The number of nitrogens with zero attached hydrogens (tertiary/aromatic N) is 1. The average Bonchev–Trinajstić information content (AvgIpc) is 2.41. The maximum atomic E-state index is 11.2. The minimum atomic E-state index is -0.142. The molecule has 0 saturated carbocycles. The summed E-state index contributed by atoms with van der Waals surface area (Å²) in [4.78, 5) is 15.1. The molecule has 1 aromatic carbocycles. The molecule has 0 radical (unpaired) electrons. The molecule has 1 amide bonds. The molecule has 14 heavy (non-hydrogen) atoms. The molecular weight excluding hydrogens is 174 g/mol. The number of carbonyl (C=O) groups is 1. The SMILES string of the molecule is CC(C)(C)c1cccc2c1=CC(=O)N=2. The highest BCUT2D eigenvalue weighted by molar-refractivity contribution is 6.06. The molecule has 1 heterocycles. The van der Waals surface area contributed by atoms with Crippen LogP contribution in [0.15, 0.2) is 23.2 Å². The minimum Gasteiger partial charge on any atom is -0.267 e. The van der Waals surface area contributed by atoms with Gasteiger partial charge in [0.25, 0.3) is 5.91 Å². The Morgan fingerprint density at radius 2 is 1.93 bits per heavy atom. The monoisotopic (exact) mass is 187 g/mol. The van der Waals surface area contributed by atoms with Crippen LogP contribution in [0.4, 0.5) is 0 Å². The van der Waals surface area contributed by atoms with Crippen molar-refractivity contribution >= 4 is 12.0 Å². The van der Waals surface area contributed by atoms with E-state index in [0.717, 1.165) is 10.6 Å². The normalized spacial score (nSPS) is 14.6. The van der Waals surface area contributed by atoms with Crippen molar-refractivity contribution in [2.24, 2.45) is 4.99 Å². The van der Waals surface area contributed by atoms with Crippen LogP contribution in [0.2, 0.25) is 0 Å². The van der Waals surface area contributed by atoms with Gasteiger partial charge in [0.05, 0.1) is 5.36 Å². The Morgan fingerprint density at radius 3 is 2.57 bits per heavy atom. The van der Waals surface area contributed by atoms with Crippen molar-refractivity contribution in [3.8, 4) is 0 Å². The molecule has 0 fully saturated rings. The van der Waals surface area contributed by atoms with E-state index in [-0.39, 0.29) is 11.3 Å². The molecule has 1 aromatic rings. The summed E-state index contributed by atoms with van der Waals surface area (Å²) in [6.07, 6.45) is 1.62. The van der Waals surface area contributed by atoms with Crippen LogP contribution in [0.3, 0.4) is 0 Å². The van der Waals surface area contributed by atoms with Gasteiger partial charge in [-0.25, -0.2) is 4.99 Å². The van der Waals surface area contributed by atoms with E-state index >= 15 is 0 Å². The van der Waals surface area contributed by atoms with Crippen molar-refractivity contribution in [3.05, 3.63) is 34.3 Å². The van der Waals surface area contributed by atoms with Gasteiger partial charge in [-0.3, -0.25) is 4.79 Å². The Labute approximate surface area is 83.0 Å². The van der Waals surface area contributed by atoms with E-state index in [4.69, 9.17) is 0 Å². The largest absolute Gasteiger partial charge is 0.270 e. The van der Waals surface area contributed by atoms with Crippen LogP contribution in [-0.4, -0.2) is 5.91 Å². The molecule has 2 nitrogen and oxygen atoms in total. The fraction of sp³-hybridized carbons (Fsp3) is 0.333. The minimum absolute atomic E-state index is 0.0575. The lowest BCUT2D eigenvalue weighted by Crippen LogP contribution is -2.31. The molecule has 0 aliphatic carbocycles. The standard InChI is InChI=1S/C12H13NO/c1-12(2,3)9-5-4-6-10-8(9)7-11(14)13-10/h4-7H,1-3H3. The van der Waals surface area contributed by atoms with E-state index in [1.165, 1.54) is 5.56 Å². The predicted octanol–water partition coefficient (Wildman–Crippen LogP) is 0.924. The lowest BCUT2D eigenvalue weighted by molar-refractivity contribution is -0.112. The molecule has 1 aliphatic heterocycles. The number of carbonyl (C=O) groups excluding carboxylic acids is 1. The second kappa shape index (κ2) is 2.77. The Balaban J connectivity index is 2.82. The molecule has 0 atom stereocenters. The number of hydrogen-bond acceptors (Lipinski definition) is 1. The van der Waals surface area contributed by atoms with Gasteiger partial charge in [-0.05, 0) is 17.0 Å². The highest BCUT2D eigenvalue weighted by Gasteiger charge is 2.17. The smallest absolute Gasteiger partial charge is 0.267 e. The van der Waals surface area contributed by atoms with Gasteiger partial charge in [0.2, 0.25) is 0 Å². The van der Waals surface area contributed by atoms with Crippen LogP contribution in [0, 0.1) is 0 Å². The molecule has 2 heteroatoms. The third kappa shape index (κ3) is 1.37. The first-order valence-electron chi connectivity index (χ1n) is 4.72. The van der Waals surface area contributed by atoms with Gasteiger partial charge in [0.1, 0.15) is 0 Å². The lowest BCUT2D eigenvalue weighted by Gasteiger charge is -2.18. The van der Waals surface area contributed by atoms with E-state index in [9.17, 15) is 4.79 Å². The summed E-state index contributed by atoms with van der Waals surface area (Å²) >= 11 is 0. The summed E-state index contributed by atoms with van der Waals surface area (Å²) in [5.74, 6) is -0.142. The Kier molecular flexibility index (Phi) is 1.81. The van der Waals surface area contributed by atoms with Gasteiger partial charge in [-0.2, -0.15) is 0 Å². The summed E-state index contributed by atoms with van der Waals surface area (Å²) in [7, 11) is 0. The topological polar surface area (TPSA) is 29.4 Å². The molecule has 0 saturated heterocycles.